The Bertz CT molecular complexity index is 1840. The summed E-state index contributed by atoms with van der Waals surface area (Å²) in [4.78, 5) is 10.5. The van der Waals surface area contributed by atoms with Gasteiger partial charge >= 0.3 is 13.7 Å². The molecule has 6 rings (SSSR count). The predicted octanol–water partition coefficient (Wildman–Crippen LogP) is 16.0. The topological polar surface area (TPSA) is 13.0 Å². The highest BCUT2D eigenvalue weighted by atomic mass is 79.9. The van der Waals surface area contributed by atoms with Crippen molar-refractivity contribution in [1.29, 1.82) is 0 Å². The Labute approximate surface area is 395 Å². The summed E-state index contributed by atoms with van der Waals surface area (Å²) >= 11 is 9.28. The molecule has 10 heteroatoms. The van der Waals surface area contributed by atoms with Crippen molar-refractivity contribution in [2.45, 2.75) is 158 Å². The van der Waals surface area contributed by atoms with Gasteiger partial charge in [-0.1, -0.05) is 184 Å². The van der Waals surface area contributed by atoms with Crippen LogP contribution in [0.4, 0.5) is 22.7 Å². The minimum Gasteiger partial charge on any atom is -0.376 e. The first kappa shape index (κ1) is 48.2. The maximum Gasteiger partial charge on any atom is 0.346 e. The van der Waals surface area contributed by atoms with E-state index >= 15 is 0 Å². The molecule has 4 aromatic carbocycles. The van der Waals surface area contributed by atoms with E-state index in [1.165, 1.54) is 67.3 Å². The highest BCUT2D eigenvalue weighted by molar-refractivity contribution is 9.36. The lowest BCUT2D eigenvalue weighted by atomic mass is 9.04. The molecule has 0 atom stereocenters. The summed E-state index contributed by atoms with van der Waals surface area (Å²) in [5.41, 5.74) is 16.4. The van der Waals surface area contributed by atoms with Gasteiger partial charge in [-0.25, -0.2) is 0 Å². The molecule has 0 amide bonds. The lowest BCUT2D eigenvalue weighted by molar-refractivity contribution is 0.831. The molecule has 4 nitrogen and oxygen atoms in total. The number of rotatable bonds is 15. The Morgan fingerprint density at radius 1 is 0.306 bits per heavy atom. The van der Waals surface area contributed by atoms with Gasteiger partial charge in [0.1, 0.15) is 0 Å². The minimum absolute atomic E-state index is 0.0738. The fourth-order valence-electron chi connectivity index (χ4n) is 9.92. The Hall–Kier alpha value is -3.22. The van der Waals surface area contributed by atoms with Crippen molar-refractivity contribution in [1.82, 2.24) is 0 Å². The van der Waals surface area contributed by atoms with Crippen LogP contribution in [0.5, 0.6) is 0 Å². The van der Waals surface area contributed by atoms with Gasteiger partial charge in [-0.2, -0.15) is 31.5 Å². The van der Waals surface area contributed by atoms with Crippen molar-refractivity contribution < 1.29 is 0 Å². The summed E-state index contributed by atoms with van der Waals surface area (Å²) < 4.78 is 0. The van der Waals surface area contributed by atoms with E-state index < -0.39 is 0 Å². The Balaban J connectivity index is 1.66. The molecule has 2 aliphatic rings. The molecule has 0 aromatic heterocycles. The molecule has 0 saturated carbocycles. The van der Waals surface area contributed by atoms with Gasteiger partial charge in [-0.05, 0) is 91.9 Å². The fraction of sp³-hybridized carbons (Fsp3) is 0.462. The number of para-hydroxylation sites is 4. The van der Waals surface area contributed by atoms with E-state index in [4.69, 9.17) is 0 Å². The van der Waals surface area contributed by atoms with Crippen molar-refractivity contribution >= 4 is 78.6 Å². The molecule has 4 aromatic rings. The van der Waals surface area contributed by atoms with E-state index in [1.54, 1.807) is 0 Å². The van der Waals surface area contributed by atoms with Crippen molar-refractivity contribution in [2.24, 2.45) is 0 Å². The quantitative estimate of drug-likeness (QED) is 0.110. The van der Waals surface area contributed by atoms with Crippen molar-refractivity contribution in [3.05, 3.63) is 142 Å². The van der Waals surface area contributed by atoms with Crippen LogP contribution in [0.2, 0.25) is 0 Å². The normalized spacial score (nSPS) is 14.5. The average molecular weight is 956 g/mol. The monoisotopic (exact) mass is 954 g/mol. The Morgan fingerprint density at radius 3 is 0.581 bits per heavy atom. The second kappa shape index (κ2) is 19.9. The van der Waals surface area contributed by atoms with Crippen LogP contribution >= 0.6 is 31.5 Å². The van der Waals surface area contributed by atoms with Crippen LogP contribution in [0.1, 0.15) is 203 Å². The molecule has 0 spiro atoms. The van der Waals surface area contributed by atoms with Crippen LogP contribution in [-0.4, -0.2) is 24.4 Å². The van der Waals surface area contributed by atoms with E-state index in [1.807, 2.05) is 0 Å². The second-order valence-electron chi connectivity index (χ2n) is 20.3. The SMILES string of the molecule is CC(C)c1cccc(C(C)C)c1N1C=CN(c2c(C(C)C)cccc2C(C)C)B1B(Br)B(Br)B1N(c2c(C(C)C)cccc2C(C)C)C=CN1c1c(C(C)C)cccc1C(C)C. The van der Waals surface area contributed by atoms with Gasteiger partial charge in [0.05, 0.1) is 0 Å². The van der Waals surface area contributed by atoms with Crippen molar-refractivity contribution in [3.63, 3.8) is 0 Å². The zero-order valence-corrected chi connectivity index (χ0v) is 43.9. The number of hydrogen-bond acceptors (Lipinski definition) is 4. The average Bonchev–Trinajstić information content (AvgIpc) is 3.86. The molecule has 2 aliphatic heterocycles. The fourth-order valence-corrected chi connectivity index (χ4v) is 11.5. The number of benzene rings is 4. The second-order valence-corrected chi connectivity index (χ2v) is 22.4. The molecule has 0 fully saturated rings. The number of anilines is 4. The first-order chi connectivity index (χ1) is 29.3. The Kier molecular flexibility index (Phi) is 15.5. The van der Waals surface area contributed by atoms with Gasteiger partial charge < -0.3 is 19.2 Å². The van der Waals surface area contributed by atoms with Gasteiger partial charge in [0.25, 0.3) is 0 Å². The van der Waals surface area contributed by atoms with E-state index in [-0.39, 0.29) is 24.4 Å². The molecule has 0 bridgehead atoms. The van der Waals surface area contributed by atoms with E-state index in [9.17, 15) is 0 Å². The molecule has 0 saturated heterocycles. The molecule has 0 radical (unpaired) electrons. The minimum atomic E-state index is -0.103. The summed E-state index contributed by atoms with van der Waals surface area (Å²) in [6, 6.07) is 27.9. The molecule has 2 heterocycles. The van der Waals surface area contributed by atoms with Gasteiger partial charge in [0.15, 0.2) is 0 Å². The number of halogens is 2. The van der Waals surface area contributed by atoms with Crippen LogP contribution < -0.4 is 19.2 Å². The maximum absolute atomic E-state index is 4.64. The molecule has 62 heavy (non-hydrogen) atoms. The predicted molar refractivity (Wildman–Crippen MR) is 288 cm³/mol. The zero-order valence-electron chi connectivity index (χ0n) is 40.7. The van der Waals surface area contributed by atoms with Gasteiger partial charge in [0, 0.05) is 47.5 Å². The van der Waals surface area contributed by atoms with Crippen LogP contribution in [0, 0.1) is 0 Å². The van der Waals surface area contributed by atoms with Crippen LogP contribution in [0.25, 0.3) is 0 Å². The molecular weight excluding hydrogens is 884 g/mol. The van der Waals surface area contributed by atoms with E-state index in [0.717, 1.165) is 0 Å². The van der Waals surface area contributed by atoms with Gasteiger partial charge in [-0.15, -0.1) is 0 Å². The third kappa shape index (κ3) is 9.17. The number of nitrogens with zero attached hydrogens (tertiary/aromatic N) is 4. The lowest BCUT2D eigenvalue weighted by Crippen LogP contribution is -2.67. The zero-order chi connectivity index (χ0) is 45.5. The summed E-state index contributed by atoms with van der Waals surface area (Å²) in [7, 11) is 0. The molecule has 0 N–H and O–H groups in total. The maximum atomic E-state index is 4.64. The first-order valence-electron chi connectivity index (χ1n) is 23.6. The molecule has 326 valence electrons. The number of hydrogen-bond donors (Lipinski definition) is 0. The van der Waals surface area contributed by atoms with E-state index in [0.29, 0.717) is 47.3 Å². The third-order valence-electron chi connectivity index (χ3n) is 13.2. The van der Waals surface area contributed by atoms with Crippen LogP contribution in [-0.2, 0) is 0 Å². The van der Waals surface area contributed by atoms with E-state index in [2.05, 4.69) is 259 Å². The third-order valence-corrected chi connectivity index (χ3v) is 16.0. The molecule has 0 unspecified atom stereocenters. The summed E-state index contributed by atoms with van der Waals surface area (Å²) in [5, 5.41) is -0.148. The summed E-state index contributed by atoms with van der Waals surface area (Å²) in [5.74, 6) is 2.80. The molecule has 0 aliphatic carbocycles. The standard InChI is InChI=1S/C52H72B4Br2N4/c1-33(2)41-21-17-22-42(34(3)4)49(41)59-29-30-60(50-43(35(5)6)23-18-24-44(50)36(7)8)55(59)53(57)54(58)56-61(51-45(37(9)10)25-19-26-46(51)38(11)12)31-32-62(56)52-47(39(13)14)27-20-28-48(52)40(15)16/h17-40H,1-16H3. The largest absolute Gasteiger partial charge is 0.376 e. The molecular formula is C52H72B4Br2N4. The summed E-state index contributed by atoms with van der Waals surface area (Å²) in [6.45, 7) is 37.3. The summed E-state index contributed by atoms with van der Waals surface area (Å²) in [6.07, 6.45) is 9.52. The van der Waals surface area contributed by atoms with Gasteiger partial charge in [-0.3, -0.25) is 0 Å². The highest BCUT2D eigenvalue weighted by Gasteiger charge is 2.56. The lowest BCUT2D eigenvalue weighted by Gasteiger charge is -2.41. The highest BCUT2D eigenvalue weighted by Crippen LogP contribution is 2.47. The smallest absolute Gasteiger partial charge is 0.346 e. The van der Waals surface area contributed by atoms with Crippen LogP contribution in [0.15, 0.2) is 97.6 Å². The van der Waals surface area contributed by atoms with Crippen molar-refractivity contribution in [3.8, 4) is 0 Å². The van der Waals surface area contributed by atoms with Crippen LogP contribution in [0.3, 0.4) is 0 Å². The first-order valence-corrected chi connectivity index (χ1v) is 25.4. The Morgan fingerprint density at radius 2 is 0.452 bits per heavy atom. The van der Waals surface area contributed by atoms with Crippen molar-refractivity contribution in [2.75, 3.05) is 19.2 Å². The van der Waals surface area contributed by atoms with Gasteiger partial charge in [0.2, 0.25) is 10.6 Å².